The van der Waals surface area contributed by atoms with Crippen molar-refractivity contribution in [3.05, 3.63) is 75.2 Å². The smallest absolute Gasteiger partial charge is 0.232 e. The van der Waals surface area contributed by atoms with Crippen molar-refractivity contribution < 1.29 is 14.0 Å². The maximum Gasteiger partial charge on any atom is 0.232 e. The largest absolute Gasteiger partial charge is 0.294 e. The van der Waals surface area contributed by atoms with Crippen LogP contribution in [0.4, 0.5) is 10.1 Å². The number of hydrogen-bond donors (Lipinski definition) is 0. The van der Waals surface area contributed by atoms with E-state index < -0.39 is 5.92 Å². The minimum Gasteiger partial charge on any atom is -0.294 e. The second-order valence-corrected chi connectivity index (χ2v) is 9.19. The van der Waals surface area contributed by atoms with Crippen LogP contribution in [-0.4, -0.2) is 11.7 Å². The van der Waals surface area contributed by atoms with Crippen LogP contribution in [0.1, 0.15) is 44.6 Å². The first kappa shape index (κ1) is 20.1. The van der Waals surface area contributed by atoms with Gasteiger partial charge in [0.25, 0.3) is 0 Å². The Morgan fingerprint density at radius 2 is 1.72 bits per heavy atom. The lowest BCUT2D eigenvalue weighted by Gasteiger charge is -2.43. The molecule has 2 aliphatic rings. The second-order valence-electron chi connectivity index (χ2n) is 8.41. The molecule has 1 amide bonds. The van der Waals surface area contributed by atoms with Crippen LogP contribution in [0.25, 0.3) is 0 Å². The molecule has 150 valence electrons. The number of ketones is 1. The summed E-state index contributed by atoms with van der Waals surface area (Å²) in [4.78, 5) is 28.0. The quantitative estimate of drug-likeness (QED) is 0.559. The van der Waals surface area contributed by atoms with E-state index in [1.807, 2.05) is 19.9 Å². The summed E-state index contributed by atoms with van der Waals surface area (Å²) in [5.74, 6) is -0.959. The molecule has 1 heterocycles. The molecule has 6 heteroatoms. The zero-order valence-electron chi connectivity index (χ0n) is 16.1. The highest BCUT2D eigenvalue weighted by atomic mass is 35.5. The van der Waals surface area contributed by atoms with Crippen molar-refractivity contribution in [3.8, 4) is 0 Å². The Hall–Kier alpha value is -2.17. The fourth-order valence-electron chi connectivity index (χ4n) is 4.36. The number of allylic oxidation sites excluding steroid dienone is 2. The van der Waals surface area contributed by atoms with Gasteiger partial charge in [-0.05, 0) is 47.7 Å². The van der Waals surface area contributed by atoms with Crippen molar-refractivity contribution in [1.29, 1.82) is 0 Å². The Bertz CT molecular complexity index is 1040. The van der Waals surface area contributed by atoms with Gasteiger partial charge in [0.2, 0.25) is 5.91 Å². The summed E-state index contributed by atoms with van der Waals surface area (Å²) in [6, 6.07) is 11.0. The summed E-state index contributed by atoms with van der Waals surface area (Å²) in [5.41, 5.74) is 2.25. The third-order valence-corrected chi connectivity index (χ3v) is 6.42. The molecular weight excluding hydrogens is 412 g/mol. The third-order valence-electron chi connectivity index (χ3n) is 5.58. The summed E-state index contributed by atoms with van der Waals surface area (Å²) in [6.07, 6.45) is 1.06. The molecular formula is C23H20Cl2FNO2. The summed E-state index contributed by atoms with van der Waals surface area (Å²) in [7, 11) is 0. The van der Waals surface area contributed by atoms with Gasteiger partial charge in [0.1, 0.15) is 5.82 Å². The number of halogens is 3. The fourth-order valence-corrected chi connectivity index (χ4v) is 4.80. The van der Waals surface area contributed by atoms with Crippen LogP contribution in [0.3, 0.4) is 0 Å². The summed E-state index contributed by atoms with van der Waals surface area (Å²) in [6.45, 7) is 4.02. The lowest BCUT2D eigenvalue weighted by Crippen LogP contribution is -2.43. The predicted octanol–water partition coefficient (Wildman–Crippen LogP) is 6.30. The molecule has 0 N–H and O–H groups in total. The van der Waals surface area contributed by atoms with Gasteiger partial charge in [0, 0.05) is 35.7 Å². The Kier molecular flexibility index (Phi) is 5.04. The molecule has 2 aromatic rings. The van der Waals surface area contributed by atoms with E-state index in [0.717, 1.165) is 0 Å². The SMILES string of the molecule is CC1(C)CC(=O)C2=C(C1)N(c1ccc(F)cc1)C(=O)C[C@@H]2c1cccc(Cl)c1Cl. The van der Waals surface area contributed by atoms with Crippen molar-refractivity contribution in [2.75, 3.05) is 4.90 Å². The molecule has 0 unspecified atom stereocenters. The Balaban J connectivity index is 1.92. The highest BCUT2D eigenvalue weighted by molar-refractivity contribution is 6.42. The average molecular weight is 432 g/mol. The molecule has 1 aliphatic carbocycles. The van der Waals surface area contributed by atoms with Gasteiger partial charge in [0.05, 0.1) is 10.0 Å². The zero-order chi connectivity index (χ0) is 20.9. The van der Waals surface area contributed by atoms with E-state index in [4.69, 9.17) is 23.2 Å². The first-order valence-electron chi connectivity index (χ1n) is 9.46. The Labute approximate surface area is 179 Å². The van der Waals surface area contributed by atoms with E-state index in [-0.39, 0.29) is 29.3 Å². The number of rotatable bonds is 2. The Morgan fingerprint density at radius 3 is 2.41 bits per heavy atom. The van der Waals surface area contributed by atoms with Gasteiger partial charge in [0.15, 0.2) is 5.78 Å². The van der Waals surface area contributed by atoms with Crippen LogP contribution < -0.4 is 4.90 Å². The number of hydrogen-bond acceptors (Lipinski definition) is 2. The van der Waals surface area contributed by atoms with Gasteiger partial charge in [-0.25, -0.2) is 4.39 Å². The number of nitrogens with zero attached hydrogens (tertiary/aromatic N) is 1. The maximum absolute atomic E-state index is 13.4. The molecule has 0 saturated carbocycles. The molecule has 0 saturated heterocycles. The van der Waals surface area contributed by atoms with Crippen LogP contribution in [0, 0.1) is 11.2 Å². The zero-order valence-corrected chi connectivity index (χ0v) is 17.6. The fraction of sp³-hybridized carbons (Fsp3) is 0.304. The molecule has 29 heavy (non-hydrogen) atoms. The lowest BCUT2D eigenvalue weighted by atomic mass is 9.69. The van der Waals surface area contributed by atoms with Gasteiger partial charge in [-0.1, -0.05) is 49.2 Å². The highest BCUT2D eigenvalue weighted by Gasteiger charge is 2.44. The first-order valence-corrected chi connectivity index (χ1v) is 10.2. The van der Waals surface area contributed by atoms with Crippen LogP contribution in [0.2, 0.25) is 10.0 Å². The minimum atomic E-state index is -0.441. The Morgan fingerprint density at radius 1 is 1.03 bits per heavy atom. The van der Waals surface area contributed by atoms with Crippen LogP contribution in [0.15, 0.2) is 53.7 Å². The first-order chi connectivity index (χ1) is 13.7. The van der Waals surface area contributed by atoms with Crippen LogP contribution in [0.5, 0.6) is 0 Å². The van der Waals surface area contributed by atoms with E-state index in [0.29, 0.717) is 45.4 Å². The van der Waals surface area contributed by atoms with Crippen molar-refractivity contribution in [2.24, 2.45) is 5.41 Å². The molecule has 1 aliphatic heterocycles. The van der Waals surface area contributed by atoms with Crippen LogP contribution in [-0.2, 0) is 9.59 Å². The molecule has 0 spiro atoms. The number of benzene rings is 2. The summed E-state index contributed by atoms with van der Waals surface area (Å²) in [5, 5.41) is 0.759. The van der Waals surface area contributed by atoms with Gasteiger partial charge >= 0.3 is 0 Å². The van der Waals surface area contributed by atoms with Gasteiger partial charge < -0.3 is 0 Å². The normalized spacial score (nSPS) is 21.4. The predicted molar refractivity (Wildman–Crippen MR) is 113 cm³/mol. The maximum atomic E-state index is 13.4. The van der Waals surface area contributed by atoms with Crippen molar-refractivity contribution in [3.63, 3.8) is 0 Å². The molecule has 4 rings (SSSR count). The molecule has 0 radical (unpaired) electrons. The van der Waals surface area contributed by atoms with Crippen molar-refractivity contribution >= 4 is 40.6 Å². The number of Topliss-reactive ketones (excluding diaryl/α,β-unsaturated/α-hetero) is 1. The van der Waals surface area contributed by atoms with Gasteiger partial charge in [-0.2, -0.15) is 0 Å². The number of carbonyl (C=O) groups excluding carboxylic acids is 2. The molecule has 3 nitrogen and oxygen atoms in total. The number of carbonyl (C=O) groups is 2. The molecule has 0 aromatic heterocycles. The van der Waals surface area contributed by atoms with E-state index in [1.165, 1.54) is 12.1 Å². The summed E-state index contributed by atoms with van der Waals surface area (Å²) < 4.78 is 13.4. The average Bonchev–Trinajstić information content (AvgIpc) is 2.63. The van der Waals surface area contributed by atoms with E-state index >= 15 is 0 Å². The van der Waals surface area contributed by atoms with Crippen molar-refractivity contribution in [2.45, 2.75) is 39.0 Å². The van der Waals surface area contributed by atoms with Crippen LogP contribution >= 0.6 is 23.2 Å². The highest BCUT2D eigenvalue weighted by Crippen LogP contribution is 2.49. The standard InChI is InChI=1S/C23H20Cl2FNO2/c1-23(2)11-18-21(19(28)12-23)16(15-4-3-5-17(24)22(15)25)10-20(29)27(18)14-8-6-13(26)7-9-14/h3-9,16H,10-12H2,1-2H3/t16-/m1/s1. The summed E-state index contributed by atoms with van der Waals surface area (Å²) >= 11 is 12.6. The third kappa shape index (κ3) is 3.60. The molecule has 0 fully saturated rings. The number of amides is 1. The molecule has 0 bridgehead atoms. The van der Waals surface area contributed by atoms with E-state index in [1.54, 1.807) is 29.2 Å². The molecule has 2 aromatic carbocycles. The monoisotopic (exact) mass is 431 g/mol. The van der Waals surface area contributed by atoms with Gasteiger partial charge in [-0.15, -0.1) is 0 Å². The minimum absolute atomic E-state index is 0.0110. The topological polar surface area (TPSA) is 37.4 Å². The van der Waals surface area contributed by atoms with E-state index in [9.17, 15) is 14.0 Å². The lowest BCUT2D eigenvalue weighted by molar-refractivity contribution is -0.121. The van der Waals surface area contributed by atoms with Gasteiger partial charge in [-0.3, -0.25) is 14.5 Å². The van der Waals surface area contributed by atoms with Crippen molar-refractivity contribution in [1.82, 2.24) is 0 Å². The number of anilines is 1. The van der Waals surface area contributed by atoms with E-state index in [2.05, 4.69) is 0 Å². The second kappa shape index (κ2) is 7.26. The molecule has 1 atom stereocenters.